The number of amides is 1. The number of methoxy groups -OCH3 is 1. The molecule has 0 bridgehead atoms. The Morgan fingerprint density at radius 1 is 1.10 bits per heavy atom. The van der Waals surface area contributed by atoms with Crippen molar-refractivity contribution in [2.75, 3.05) is 43.9 Å². The minimum absolute atomic E-state index is 0.00227. The minimum Gasteiger partial charge on any atom is -0.467 e. The quantitative estimate of drug-likeness (QED) is 0.701. The van der Waals surface area contributed by atoms with E-state index in [2.05, 4.69) is 25.6 Å². The first-order valence-electron chi connectivity index (χ1n) is 7.20. The summed E-state index contributed by atoms with van der Waals surface area (Å²) < 4.78 is 5.03. The van der Waals surface area contributed by atoms with Crippen LogP contribution < -0.4 is 15.4 Å². The largest absolute Gasteiger partial charge is 0.467 e. The number of nitrogens with one attached hydrogen (secondary N) is 2. The van der Waals surface area contributed by atoms with Crippen molar-refractivity contribution < 1.29 is 9.53 Å². The third-order valence-corrected chi connectivity index (χ3v) is 2.84. The summed E-state index contributed by atoms with van der Waals surface area (Å²) in [5, 5.41) is 5.98. The molecule has 2 N–H and O–H groups in total. The van der Waals surface area contributed by atoms with Gasteiger partial charge in [0.05, 0.1) is 13.7 Å². The van der Waals surface area contributed by atoms with Crippen LogP contribution in [-0.2, 0) is 4.79 Å². The molecule has 1 aromatic rings. The van der Waals surface area contributed by atoms with Crippen molar-refractivity contribution in [1.82, 2.24) is 19.9 Å². The molecule has 0 spiro atoms. The highest BCUT2D eigenvalue weighted by Crippen LogP contribution is 2.10. The fraction of sp³-hybridized carbons (Fsp3) is 0.692. The van der Waals surface area contributed by atoms with Crippen LogP contribution in [0.5, 0.6) is 6.01 Å². The van der Waals surface area contributed by atoms with E-state index in [4.69, 9.17) is 4.74 Å². The predicted molar refractivity (Wildman–Crippen MR) is 81.6 cm³/mol. The van der Waals surface area contributed by atoms with Crippen LogP contribution in [-0.4, -0.2) is 59.0 Å². The molecule has 0 fully saturated rings. The van der Waals surface area contributed by atoms with Gasteiger partial charge in [0.15, 0.2) is 0 Å². The highest BCUT2D eigenvalue weighted by atomic mass is 16.5. The molecular weight excluding hydrogens is 272 g/mol. The van der Waals surface area contributed by atoms with Gasteiger partial charge in [-0.2, -0.15) is 15.0 Å². The van der Waals surface area contributed by atoms with Crippen LogP contribution in [0.15, 0.2) is 0 Å². The molecule has 0 unspecified atom stereocenters. The predicted octanol–water partition coefficient (Wildman–Crippen LogP) is 0.982. The van der Waals surface area contributed by atoms with E-state index in [0.717, 1.165) is 13.0 Å². The molecule has 1 heterocycles. The highest BCUT2D eigenvalue weighted by Gasteiger charge is 2.11. The lowest BCUT2D eigenvalue weighted by Gasteiger charge is -2.18. The molecule has 0 aromatic carbocycles. The molecule has 0 aliphatic rings. The average molecular weight is 296 g/mol. The second-order valence-electron chi connectivity index (χ2n) is 4.32. The molecule has 0 saturated heterocycles. The van der Waals surface area contributed by atoms with Crippen molar-refractivity contribution in [3.05, 3.63) is 0 Å². The van der Waals surface area contributed by atoms with E-state index in [9.17, 15) is 4.79 Å². The summed E-state index contributed by atoms with van der Waals surface area (Å²) in [6, 6.07) is 0.210. The number of aromatic nitrogens is 3. The molecule has 8 heteroatoms. The number of hydrogen-bond donors (Lipinski definition) is 2. The van der Waals surface area contributed by atoms with Crippen molar-refractivity contribution in [3.63, 3.8) is 0 Å². The van der Waals surface area contributed by atoms with E-state index in [0.29, 0.717) is 25.0 Å². The van der Waals surface area contributed by atoms with Crippen molar-refractivity contribution in [3.8, 4) is 6.01 Å². The summed E-state index contributed by atoms with van der Waals surface area (Å²) in [7, 11) is 1.49. The summed E-state index contributed by atoms with van der Waals surface area (Å²) in [4.78, 5) is 26.0. The summed E-state index contributed by atoms with van der Waals surface area (Å²) in [5.41, 5.74) is 0. The molecule has 21 heavy (non-hydrogen) atoms. The van der Waals surface area contributed by atoms with Crippen molar-refractivity contribution in [1.29, 1.82) is 0 Å². The molecular formula is C13H24N6O2. The fourth-order valence-corrected chi connectivity index (χ4v) is 1.69. The fourth-order valence-electron chi connectivity index (χ4n) is 1.69. The topological polar surface area (TPSA) is 92.3 Å². The van der Waals surface area contributed by atoms with E-state index < -0.39 is 0 Å². The van der Waals surface area contributed by atoms with E-state index >= 15 is 0 Å². The number of carbonyl (C=O) groups excluding carboxylic acids is 1. The number of ether oxygens (including phenoxy) is 1. The molecule has 0 aliphatic heterocycles. The Kier molecular flexibility index (Phi) is 7.20. The Morgan fingerprint density at radius 2 is 1.71 bits per heavy atom. The molecule has 0 radical (unpaired) electrons. The summed E-state index contributed by atoms with van der Waals surface area (Å²) in [6.07, 6.45) is 0.956. The third-order valence-electron chi connectivity index (χ3n) is 2.84. The van der Waals surface area contributed by atoms with Gasteiger partial charge in [-0.25, -0.2) is 0 Å². The normalized spacial score (nSPS) is 10.1. The van der Waals surface area contributed by atoms with Gasteiger partial charge in [0.1, 0.15) is 0 Å². The first-order valence-corrected chi connectivity index (χ1v) is 7.20. The summed E-state index contributed by atoms with van der Waals surface area (Å²) in [6.45, 7) is 8.20. The second-order valence-corrected chi connectivity index (χ2v) is 4.32. The average Bonchev–Trinajstić information content (AvgIpc) is 2.51. The lowest BCUT2D eigenvalue weighted by Crippen LogP contribution is -2.35. The standard InChI is InChI=1S/C13H24N6O2/c1-5-8-14-11-16-12(18-13(17-11)21-4)15-9-10(20)19(6-2)7-3/h5-9H2,1-4H3,(H2,14,15,16,17,18). The molecule has 1 rings (SSSR count). The van der Waals surface area contributed by atoms with E-state index in [1.807, 2.05) is 20.8 Å². The maximum absolute atomic E-state index is 11.9. The van der Waals surface area contributed by atoms with Crippen LogP contribution in [0.3, 0.4) is 0 Å². The van der Waals surface area contributed by atoms with Gasteiger partial charge in [-0.3, -0.25) is 4.79 Å². The highest BCUT2D eigenvalue weighted by molar-refractivity contribution is 5.80. The lowest BCUT2D eigenvalue weighted by atomic mass is 10.4. The van der Waals surface area contributed by atoms with Crippen LogP contribution in [0.2, 0.25) is 0 Å². The molecule has 1 amide bonds. The molecule has 0 saturated carbocycles. The number of carbonyl (C=O) groups is 1. The van der Waals surface area contributed by atoms with Crippen LogP contribution >= 0.6 is 0 Å². The number of hydrogen-bond acceptors (Lipinski definition) is 7. The van der Waals surface area contributed by atoms with Crippen molar-refractivity contribution >= 4 is 17.8 Å². The van der Waals surface area contributed by atoms with Gasteiger partial charge in [0, 0.05) is 19.6 Å². The van der Waals surface area contributed by atoms with Crippen molar-refractivity contribution in [2.45, 2.75) is 27.2 Å². The number of likely N-dealkylation sites (N-methyl/N-ethyl adjacent to an activating group) is 1. The van der Waals surface area contributed by atoms with Gasteiger partial charge in [-0.1, -0.05) is 6.92 Å². The number of anilines is 2. The van der Waals surface area contributed by atoms with Crippen molar-refractivity contribution in [2.24, 2.45) is 0 Å². The molecule has 118 valence electrons. The third kappa shape index (κ3) is 5.41. The molecule has 8 nitrogen and oxygen atoms in total. The Morgan fingerprint density at radius 3 is 2.24 bits per heavy atom. The van der Waals surface area contributed by atoms with Gasteiger partial charge >= 0.3 is 6.01 Å². The van der Waals surface area contributed by atoms with Crippen LogP contribution in [0, 0.1) is 0 Å². The smallest absolute Gasteiger partial charge is 0.322 e. The van der Waals surface area contributed by atoms with Gasteiger partial charge in [0.2, 0.25) is 17.8 Å². The summed E-state index contributed by atoms with van der Waals surface area (Å²) >= 11 is 0. The molecule has 0 atom stereocenters. The molecule has 0 aliphatic carbocycles. The zero-order chi connectivity index (χ0) is 15.7. The number of rotatable bonds is 9. The lowest BCUT2D eigenvalue weighted by molar-refractivity contribution is -0.128. The van der Waals surface area contributed by atoms with Gasteiger partial charge < -0.3 is 20.3 Å². The summed E-state index contributed by atoms with van der Waals surface area (Å²) in [5.74, 6) is 0.755. The monoisotopic (exact) mass is 296 g/mol. The van der Waals surface area contributed by atoms with Gasteiger partial charge in [-0.05, 0) is 20.3 Å². The Balaban J connectivity index is 2.71. The van der Waals surface area contributed by atoms with Gasteiger partial charge in [0.25, 0.3) is 0 Å². The van der Waals surface area contributed by atoms with E-state index in [1.54, 1.807) is 4.90 Å². The zero-order valence-corrected chi connectivity index (χ0v) is 13.1. The second kappa shape index (κ2) is 8.93. The first kappa shape index (κ1) is 16.9. The van der Waals surface area contributed by atoms with Crippen LogP contribution in [0.1, 0.15) is 27.2 Å². The maximum atomic E-state index is 11.9. The zero-order valence-electron chi connectivity index (χ0n) is 13.1. The van der Waals surface area contributed by atoms with Crippen LogP contribution in [0.4, 0.5) is 11.9 Å². The molecule has 1 aromatic heterocycles. The van der Waals surface area contributed by atoms with E-state index in [1.165, 1.54) is 7.11 Å². The van der Waals surface area contributed by atoms with E-state index in [-0.39, 0.29) is 18.5 Å². The Labute approximate surface area is 125 Å². The Bertz CT molecular complexity index is 450. The van der Waals surface area contributed by atoms with Crippen LogP contribution in [0.25, 0.3) is 0 Å². The Hall–Kier alpha value is -2.12. The number of nitrogens with zero attached hydrogens (tertiary/aromatic N) is 4. The minimum atomic E-state index is 0.00227. The van der Waals surface area contributed by atoms with Gasteiger partial charge in [-0.15, -0.1) is 0 Å². The maximum Gasteiger partial charge on any atom is 0.322 e. The first-order chi connectivity index (χ1) is 10.1. The SMILES string of the molecule is CCCNc1nc(NCC(=O)N(CC)CC)nc(OC)n1.